The molecule has 3 atom stereocenters. The quantitative estimate of drug-likeness (QED) is 0.892. The molecule has 1 aliphatic heterocycles. The van der Waals surface area contributed by atoms with E-state index in [1.165, 1.54) is 42.0 Å². The molecular formula is C23H27NO. The minimum Gasteiger partial charge on any atom is -0.395 e. The Morgan fingerprint density at radius 2 is 1.80 bits per heavy atom. The molecule has 0 amide bonds. The van der Waals surface area contributed by atoms with Crippen LogP contribution in [0.4, 0.5) is 0 Å². The molecule has 130 valence electrons. The van der Waals surface area contributed by atoms with Crippen molar-refractivity contribution in [2.24, 2.45) is 11.8 Å². The fraction of sp³-hybridized carbons (Fsp3) is 0.478. The van der Waals surface area contributed by atoms with Crippen molar-refractivity contribution < 1.29 is 5.11 Å². The van der Waals surface area contributed by atoms with Crippen LogP contribution in [0.25, 0.3) is 16.3 Å². The standard InChI is InChI=1S/C23H27NO/c25-15-21-6-3-11-24(21)14-22-18-8-10-20(13-18)23(22)19-9-7-16-4-1-2-5-17(16)12-19/h1-2,4-5,7,9,12,18,20-21,25H,3,6,8,10-11,13-15H2/t18?,20?,21-/m1/s1. The number of hydrogen-bond donors (Lipinski definition) is 1. The highest BCUT2D eigenvalue weighted by Crippen LogP contribution is 2.53. The molecule has 2 unspecified atom stereocenters. The summed E-state index contributed by atoms with van der Waals surface area (Å²) in [5, 5.41) is 12.4. The van der Waals surface area contributed by atoms with E-state index in [4.69, 9.17) is 0 Å². The fourth-order valence-corrected chi connectivity index (χ4v) is 5.56. The van der Waals surface area contributed by atoms with Crippen molar-refractivity contribution in [3.8, 4) is 0 Å². The van der Waals surface area contributed by atoms with Gasteiger partial charge in [-0.25, -0.2) is 0 Å². The zero-order chi connectivity index (χ0) is 16.8. The van der Waals surface area contributed by atoms with Crippen LogP contribution in [0.1, 0.15) is 37.7 Å². The topological polar surface area (TPSA) is 23.5 Å². The maximum atomic E-state index is 9.69. The third kappa shape index (κ3) is 2.63. The summed E-state index contributed by atoms with van der Waals surface area (Å²) < 4.78 is 0. The highest BCUT2D eigenvalue weighted by atomic mass is 16.3. The van der Waals surface area contributed by atoms with E-state index in [0.29, 0.717) is 12.6 Å². The molecule has 0 spiro atoms. The van der Waals surface area contributed by atoms with Crippen molar-refractivity contribution in [3.05, 3.63) is 53.6 Å². The first-order chi connectivity index (χ1) is 12.3. The highest BCUT2D eigenvalue weighted by molar-refractivity contribution is 5.87. The van der Waals surface area contributed by atoms with Crippen LogP contribution in [-0.2, 0) is 0 Å². The van der Waals surface area contributed by atoms with Gasteiger partial charge in [-0.3, -0.25) is 4.90 Å². The Morgan fingerprint density at radius 1 is 0.960 bits per heavy atom. The van der Waals surface area contributed by atoms with Crippen LogP contribution in [-0.4, -0.2) is 35.7 Å². The van der Waals surface area contributed by atoms with Crippen LogP contribution in [0.2, 0.25) is 0 Å². The molecule has 2 bridgehead atoms. The zero-order valence-electron chi connectivity index (χ0n) is 14.8. The number of fused-ring (bicyclic) bond motifs is 3. The predicted octanol–water partition coefficient (Wildman–Crippen LogP) is 4.48. The largest absolute Gasteiger partial charge is 0.395 e. The maximum Gasteiger partial charge on any atom is 0.0587 e. The van der Waals surface area contributed by atoms with Gasteiger partial charge in [-0.1, -0.05) is 36.4 Å². The number of aliphatic hydroxyl groups is 1. The second kappa shape index (κ2) is 6.26. The van der Waals surface area contributed by atoms with Gasteiger partial charge in [-0.15, -0.1) is 0 Å². The molecule has 2 heteroatoms. The van der Waals surface area contributed by atoms with Crippen molar-refractivity contribution >= 4 is 16.3 Å². The molecule has 2 aliphatic carbocycles. The van der Waals surface area contributed by atoms with Crippen molar-refractivity contribution in [1.82, 2.24) is 4.90 Å². The predicted molar refractivity (Wildman–Crippen MR) is 103 cm³/mol. The molecule has 2 aromatic rings. The number of likely N-dealkylation sites (tertiary alicyclic amines) is 1. The first-order valence-corrected chi connectivity index (χ1v) is 9.90. The summed E-state index contributed by atoms with van der Waals surface area (Å²) in [6.45, 7) is 2.54. The molecule has 0 aromatic heterocycles. The van der Waals surface area contributed by atoms with Gasteiger partial charge in [-0.05, 0) is 84.0 Å². The molecule has 2 aromatic carbocycles. The number of allylic oxidation sites excluding steroid dienone is 1. The van der Waals surface area contributed by atoms with Crippen LogP contribution >= 0.6 is 0 Å². The van der Waals surface area contributed by atoms with E-state index in [-0.39, 0.29) is 0 Å². The van der Waals surface area contributed by atoms with Crippen LogP contribution in [0.3, 0.4) is 0 Å². The Kier molecular flexibility index (Phi) is 3.91. The Bertz CT molecular complexity index is 824. The lowest BCUT2D eigenvalue weighted by Crippen LogP contribution is -2.34. The summed E-state index contributed by atoms with van der Waals surface area (Å²) in [5.74, 6) is 1.54. The van der Waals surface area contributed by atoms with Crippen LogP contribution in [0.5, 0.6) is 0 Å². The number of hydrogen-bond acceptors (Lipinski definition) is 2. The summed E-state index contributed by atoms with van der Waals surface area (Å²) >= 11 is 0. The Morgan fingerprint density at radius 3 is 2.68 bits per heavy atom. The van der Waals surface area contributed by atoms with Gasteiger partial charge in [-0.2, -0.15) is 0 Å². The summed E-state index contributed by atoms with van der Waals surface area (Å²) in [4.78, 5) is 2.54. The fourth-order valence-electron chi connectivity index (χ4n) is 5.56. The normalized spacial score (nSPS) is 29.2. The van der Waals surface area contributed by atoms with Crippen molar-refractivity contribution in [3.63, 3.8) is 0 Å². The Balaban J connectivity index is 1.54. The molecule has 1 saturated carbocycles. The molecule has 2 nitrogen and oxygen atoms in total. The monoisotopic (exact) mass is 333 g/mol. The molecule has 1 N–H and O–H groups in total. The zero-order valence-corrected chi connectivity index (χ0v) is 14.8. The summed E-state index contributed by atoms with van der Waals surface area (Å²) in [6, 6.07) is 16.1. The van der Waals surface area contributed by atoms with Crippen molar-refractivity contribution in [1.29, 1.82) is 0 Å². The molecule has 1 saturated heterocycles. The molecule has 0 radical (unpaired) electrons. The van der Waals surface area contributed by atoms with Crippen LogP contribution in [0.15, 0.2) is 48.0 Å². The number of aliphatic hydroxyl groups excluding tert-OH is 1. The number of nitrogens with zero attached hydrogens (tertiary/aromatic N) is 1. The lowest BCUT2D eigenvalue weighted by atomic mass is 9.86. The Labute approximate surface area is 150 Å². The van der Waals surface area contributed by atoms with Gasteiger partial charge >= 0.3 is 0 Å². The third-order valence-corrected chi connectivity index (χ3v) is 6.82. The average molecular weight is 333 g/mol. The number of benzene rings is 2. The lowest BCUT2D eigenvalue weighted by Gasteiger charge is -2.28. The smallest absolute Gasteiger partial charge is 0.0587 e. The first-order valence-electron chi connectivity index (χ1n) is 9.90. The number of rotatable bonds is 4. The van der Waals surface area contributed by atoms with Gasteiger partial charge in [0, 0.05) is 12.6 Å². The third-order valence-electron chi connectivity index (χ3n) is 6.82. The molecule has 3 aliphatic rings. The minimum absolute atomic E-state index is 0.312. The second-order valence-corrected chi connectivity index (χ2v) is 8.16. The van der Waals surface area contributed by atoms with Gasteiger partial charge in [0.2, 0.25) is 0 Å². The molecule has 2 fully saturated rings. The van der Waals surface area contributed by atoms with Gasteiger partial charge in [0.05, 0.1) is 6.61 Å². The van der Waals surface area contributed by atoms with Gasteiger partial charge in [0.15, 0.2) is 0 Å². The van der Waals surface area contributed by atoms with E-state index in [1.54, 1.807) is 11.1 Å². The van der Waals surface area contributed by atoms with Gasteiger partial charge < -0.3 is 5.11 Å². The molecule has 25 heavy (non-hydrogen) atoms. The van der Waals surface area contributed by atoms with Gasteiger partial charge in [0.1, 0.15) is 0 Å². The van der Waals surface area contributed by atoms with E-state index in [0.717, 1.165) is 31.3 Å². The van der Waals surface area contributed by atoms with E-state index >= 15 is 0 Å². The van der Waals surface area contributed by atoms with E-state index in [2.05, 4.69) is 47.4 Å². The van der Waals surface area contributed by atoms with Crippen molar-refractivity contribution in [2.75, 3.05) is 19.7 Å². The molecule has 5 rings (SSSR count). The SMILES string of the molecule is OC[C@H]1CCCN1CC1=C(c2ccc3ccccc3c2)C2CCC1C2. The summed E-state index contributed by atoms with van der Waals surface area (Å²) in [5.41, 5.74) is 4.78. The van der Waals surface area contributed by atoms with Crippen LogP contribution in [0, 0.1) is 11.8 Å². The second-order valence-electron chi connectivity index (χ2n) is 8.16. The Hall–Kier alpha value is -1.64. The minimum atomic E-state index is 0.312. The maximum absolute atomic E-state index is 9.69. The highest BCUT2D eigenvalue weighted by Gasteiger charge is 2.40. The van der Waals surface area contributed by atoms with Crippen LogP contribution < -0.4 is 0 Å². The summed E-state index contributed by atoms with van der Waals surface area (Å²) in [6.07, 6.45) is 6.48. The van der Waals surface area contributed by atoms with E-state index in [9.17, 15) is 5.11 Å². The summed E-state index contributed by atoms with van der Waals surface area (Å²) in [7, 11) is 0. The first kappa shape index (κ1) is 15.6. The average Bonchev–Trinajstić information content (AvgIpc) is 3.37. The van der Waals surface area contributed by atoms with Gasteiger partial charge in [0.25, 0.3) is 0 Å². The van der Waals surface area contributed by atoms with E-state index in [1.807, 2.05) is 0 Å². The van der Waals surface area contributed by atoms with Crippen molar-refractivity contribution in [2.45, 2.75) is 38.1 Å². The lowest BCUT2D eigenvalue weighted by molar-refractivity contribution is 0.165. The van der Waals surface area contributed by atoms with E-state index < -0.39 is 0 Å². The molecule has 1 heterocycles. The molecular weight excluding hydrogens is 306 g/mol.